The fourth-order valence-corrected chi connectivity index (χ4v) is 3.50. The number of hydrogen-bond acceptors (Lipinski definition) is 3. The van der Waals surface area contributed by atoms with Gasteiger partial charge in [0.2, 0.25) is 10.0 Å². The highest BCUT2D eigenvalue weighted by molar-refractivity contribution is 7.92. The molecule has 0 bridgehead atoms. The van der Waals surface area contributed by atoms with Crippen LogP contribution in [0.5, 0.6) is 0 Å². The Morgan fingerprint density at radius 3 is 2.29 bits per heavy atom. The van der Waals surface area contributed by atoms with Gasteiger partial charge in [0, 0.05) is 5.69 Å². The van der Waals surface area contributed by atoms with Crippen LogP contribution in [-0.4, -0.2) is 20.1 Å². The van der Waals surface area contributed by atoms with E-state index in [1.54, 1.807) is 36.4 Å². The zero-order valence-electron chi connectivity index (χ0n) is 13.8. The van der Waals surface area contributed by atoms with Gasteiger partial charge in [-0.2, -0.15) is 0 Å². The molecule has 0 saturated carbocycles. The van der Waals surface area contributed by atoms with Crippen LogP contribution in [0.3, 0.4) is 0 Å². The summed E-state index contributed by atoms with van der Waals surface area (Å²) in [4.78, 5) is 12.4. The third kappa shape index (κ3) is 5.38. The summed E-state index contributed by atoms with van der Waals surface area (Å²) in [5, 5.41) is 2.76. The summed E-state index contributed by atoms with van der Waals surface area (Å²) < 4.78 is 26.9. The Labute approximate surface area is 143 Å². The number of anilines is 2. The van der Waals surface area contributed by atoms with Crippen molar-refractivity contribution >= 4 is 27.3 Å². The van der Waals surface area contributed by atoms with Crippen LogP contribution in [0, 0.1) is 5.92 Å². The first-order valence-corrected chi connectivity index (χ1v) is 9.48. The maximum absolute atomic E-state index is 12.4. The lowest BCUT2D eigenvalue weighted by atomic mass is 10.1. The Balaban J connectivity index is 2.16. The molecule has 2 rings (SSSR count). The largest absolute Gasteiger partial charge is 0.322 e. The Hall–Kier alpha value is -2.34. The highest BCUT2D eigenvalue weighted by Gasteiger charge is 2.17. The molecule has 0 aliphatic carbocycles. The minimum atomic E-state index is -3.49. The SMILES string of the molecule is CC(C)CCS(=O)(=O)Nc1ccccc1C(=O)Nc1ccccc1. The summed E-state index contributed by atoms with van der Waals surface area (Å²) >= 11 is 0. The molecule has 24 heavy (non-hydrogen) atoms. The molecule has 0 fully saturated rings. The van der Waals surface area contributed by atoms with Gasteiger partial charge in [-0.1, -0.05) is 44.2 Å². The first kappa shape index (κ1) is 18.0. The van der Waals surface area contributed by atoms with Gasteiger partial charge in [-0.3, -0.25) is 9.52 Å². The number of amides is 1. The number of benzene rings is 2. The molecule has 0 atom stereocenters. The Bertz CT molecular complexity index is 787. The summed E-state index contributed by atoms with van der Waals surface area (Å²) in [6, 6.07) is 15.6. The second-order valence-corrected chi connectivity index (χ2v) is 7.81. The molecular formula is C18H22N2O3S. The number of carbonyl (C=O) groups is 1. The van der Waals surface area contributed by atoms with E-state index in [1.165, 1.54) is 0 Å². The van der Waals surface area contributed by atoms with E-state index < -0.39 is 10.0 Å². The molecule has 0 aliphatic heterocycles. The Kier molecular flexibility index (Phi) is 5.98. The Morgan fingerprint density at radius 1 is 1.00 bits per heavy atom. The van der Waals surface area contributed by atoms with Crippen molar-refractivity contribution in [2.75, 3.05) is 15.8 Å². The highest BCUT2D eigenvalue weighted by atomic mass is 32.2. The average molecular weight is 346 g/mol. The molecular weight excluding hydrogens is 324 g/mol. The predicted molar refractivity (Wildman–Crippen MR) is 97.7 cm³/mol. The number of sulfonamides is 1. The number of nitrogens with one attached hydrogen (secondary N) is 2. The lowest BCUT2D eigenvalue weighted by Crippen LogP contribution is -2.21. The minimum absolute atomic E-state index is 0.0271. The second-order valence-electron chi connectivity index (χ2n) is 5.97. The fourth-order valence-electron chi connectivity index (χ4n) is 2.10. The van der Waals surface area contributed by atoms with Crippen molar-refractivity contribution in [3.63, 3.8) is 0 Å². The summed E-state index contributed by atoms with van der Waals surface area (Å²) in [6.45, 7) is 3.94. The zero-order valence-corrected chi connectivity index (χ0v) is 14.6. The fraction of sp³-hybridized carbons (Fsp3) is 0.278. The first-order valence-electron chi connectivity index (χ1n) is 7.83. The molecule has 5 nitrogen and oxygen atoms in total. The van der Waals surface area contributed by atoms with Crippen molar-refractivity contribution in [3.05, 3.63) is 60.2 Å². The molecule has 2 aromatic rings. The maximum atomic E-state index is 12.4. The van der Waals surface area contributed by atoms with Crippen LogP contribution in [-0.2, 0) is 10.0 Å². The summed E-state index contributed by atoms with van der Waals surface area (Å²) in [7, 11) is -3.49. The van der Waals surface area contributed by atoms with Gasteiger partial charge >= 0.3 is 0 Å². The van der Waals surface area contributed by atoms with Gasteiger partial charge in [-0.05, 0) is 36.6 Å². The molecule has 0 saturated heterocycles. The number of hydrogen-bond donors (Lipinski definition) is 2. The summed E-state index contributed by atoms with van der Waals surface area (Å²) in [5.41, 5.74) is 1.23. The average Bonchev–Trinajstić information content (AvgIpc) is 2.54. The van der Waals surface area contributed by atoms with Gasteiger partial charge in [-0.25, -0.2) is 8.42 Å². The van der Waals surface area contributed by atoms with Crippen LogP contribution in [0.15, 0.2) is 54.6 Å². The van der Waals surface area contributed by atoms with Crippen molar-refractivity contribution in [3.8, 4) is 0 Å². The predicted octanol–water partition coefficient (Wildman–Crippen LogP) is 3.73. The van der Waals surface area contributed by atoms with Crippen LogP contribution >= 0.6 is 0 Å². The lowest BCUT2D eigenvalue weighted by molar-refractivity contribution is 0.102. The van der Waals surface area contributed by atoms with Gasteiger partial charge < -0.3 is 5.32 Å². The highest BCUT2D eigenvalue weighted by Crippen LogP contribution is 2.19. The standard InChI is InChI=1S/C18H22N2O3S/c1-14(2)12-13-24(22,23)20-17-11-7-6-10-16(17)18(21)19-15-8-4-3-5-9-15/h3-11,14,20H,12-13H2,1-2H3,(H,19,21). The van der Waals surface area contributed by atoms with Gasteiger partial charge in [0.05, 0.1) is 17.0 Å². The molecule has 0 aromatic heterocycles. The molecule has 0 heterocycles. The van der Waals surface area contributed by atoms with E-state index in [0.29, 0.717) is 12.1 Å². The summed E-state index contributed by atoms with van der Waals surface area (Å²) in [6.07, 6.45) is 0.563. The summed E-state index contributed by atoms with van der Waals surface area (Å²) in [5.74, 6) is -0.0409. The quantitative estimate of drug-likeness (QED) is 0.802. The topological polar surface area (TPSA) is 75.3 Å². The van der Waals surface area contributed by atoms with Crippen molar-refractivity contribution in [1.29, 1.82) is 0 Å². The molecule has 2 aromatic carbocycles. The number of carbonyl (C=O) groups excluding carboxylic acids is 1. The van der Waals surface area contributed by atoms with Crippen LogP contribution in [0.1, 0.15) is 30.6 Å². The normalized spacial score (nSPS) is 11.3. The monoisotopic (exact) mass is 346 g/mol. The van der Waals surface area contributed by atoms with Crippen molar-refractivity contribution in [2.45, 2.75) is 20.3 Å². The van der Waals surface area contributed by atoms with E-state index in [1.807, 2.05) is 32.0 Å². The molecule has 0 spiro atoms. The molecule has 6 heteroatoms. The lowest BCUT2D eigenvalue weighted by Gasteiger charge is -2.13. The van der Waals surface area contributed by atoms with Gasteiger partial charge in [-0.15, -0.1) is 0 Å². The van der Waals surface area contributed by atoms with Crippen LogP contribution in [0.25, 0.3) is 0 Å². The van der Waals surface area contributed by atoms with Gasteiger partial charge in [0.25, 0.3) is 5.91 Å². The van der Waals surface area contributed by atoms with Crippen LogP contribution < -0.4 is 10.0 Å². The number of para-hydroxylation sites is 2. The number of rotatable bonds is 7. The second kappa shape index (κ2) is 7.97. The molecule has 1 amide bonds. The van der Waals surface area contributed by atoms with E-state index in [4.69, 9.17) is 0 Å². The molecule has 0 radical (unpaired) electrons. The van der Waals surface area contributed by atoms with E-state index in [2.05, 4.69) is 10.0 Å². The van der Waals surface area contributed by atoms with Gasteiger partial charge in [0.15, 0.2) is 0 Å². The van der Waals surface area contributed by atoms with E-state index in [-0.39, 0.29) is 28.8 Å². The smallest absolute Gasteiger partial charge is 0.257 e. The Morgan fingerprint density at radius 2 is 1.62 bits per heavy atom. The first-order chi connectivity index (χ1) is 11.4. The zero-order chi connectivity index (χ0) is 17.6. The van der Waals surface area contributed by atoms with E-state index in [9.17, 15) is 13.2 Å². The minimum Gasteiger partial charge on any atom is -0.322 e. The molecule has 128 valence electrons. The third-order valence-electron chi connectivity index (χ3n) is 3.43. The van der Waals surface area contributed by atoms with E-state index >= 15 is 0 Å². The molecule has 0 aliphatic rings. The van der Waals surface area contributed by atoms with E-state index in [0.717, 1.165) is 0 Å². The third-order valence-corrected chi connectivity index (χ3v) is 4.74. The van der Waals surface area contributed by atoms with Crippen molar-refractivity contribution in [1.82, 2.24) is 0 Å². The van der Waals surface area contributed by atoms with Crippen LogP contribution in [0.2, 0.25) is 0 Å². The van der Waals surface area contributed by atoms with Gasteiger partial charge in [0.1, 0.15) is 0 Å². The molecule has 0 unspecified atom stereocenters. The van der Waals surface area contributed by atoms with Crippen molar-refractivity contribution in [2.24, 2.45) is 5.92 Å². The van der Waals surface area contributed by atoms with Crippen LogP contribution in [0.4, 0.5) is 11.4 Å². The molecule has 2 N–H and O–H groups in total. The van der Waals surface area contributed by atoms with Crippen molar-refractivity contribution < 1.29 is 13.2 Å². The maximum Gasteiger partial charge on any atom is 0.257 e.